The minimum absolute atomic E-state index is 0.0916. The van der Waals surface area contributed by atoms with Gasteiger partial charge in [-0.1, -0.05) is 12.1 Å². The molecule has 0 atom stereocenters. The molecule has 3 rings (SSSR count). The molecule has 8 nitrogen and oxygen atoms in total. The monoisotopic (exact) mass is 447 g/mol. The van der Waals surface area contributed by atoms with E-state index in [-0.39, 0.29) is 24.7 Å². The normalized spacial score (nSPS) is 14.8. The number of piperazine rings is 1. The average molecular weight is 448 g/mol. The summed E-state index contributed by atoms with van der Waals surface area (Å²) in [6.07, 6.45) is 0. The second kappa shape index (κ2) is 10.6. The van der Waals surface area contributed by atoms with Crippen LogP contribution in [0.5, 0.6) is 11.5 Å². The Kier molecular flexibility index (Phi) is 7.89. The molecule has 9 heteroatoms. The van der Waals surface area contributed by atoms with Gasteiger partial charge in [0.2, 0.25) is 10.0 Å². The number of carbonyl (C=O) groups is 1. The molecule has 2 aromatic rings. The lowest BCUT2D eigenvalue weighted by molar-refractivity contribution is 0.0753. The van der Waals surface area contributed by atoms with E-state index in [1.165, 1.54) is 4.31 Å². The fourth-order valence-electron chi connectivity index (χ4n) is 3.44. The van der Waals surface area contributed by atoms with Crippen LogP contribution in [-0.4, -0.2) is 76.2 Å². The van der Waals surface area contributed by atoms with Gasteiger partial charge in [-0.3, -0.25) is 4.79 Å². The van der Waals surface area contributed by atoms with Crippen LogP contribution in [-0.2, 0) is 16.6 Å². The molecule has 0 unspecified atom stereocenters. The molecular weight excluding hydrogens is 418 g/mol. The van der Waals surface area contributed by atoms with Gasteiger partial charge in [0.05, 0.1) is 20.0 Å². The third kappa shape index (κ3) is 6.19. The van der Waals surface area contributed by atoms with E-state index in [1.807, 2.05) is 24.3 Å². The number of nitrogens with zero attached hydrogens (tertiary/aromatic N) is 2. The molecule has 0 aromatic heterocycles. The lowest BCUT2D eigenvalue weighted by atomic mass is 10.1. The molecule has 1 fully saturated rings. The van der Waals surface area contributed by atoms with Gasteiger partial charge < -0.3 is 19.7 Å². The molecule has 168 valence electrons. The summed E-state index contributed by atoms with van der Waals surface area (Å²) in [6, 6.07) is 14.2. The molecule has 1 amide bonds. The maximum Gasteiger partial charge on any atom is 0.254 e. The van der Waals surface area contributed by atoms with E-state index >= 15 is 0 Å². The maximum atomic E-state index is 13.2. The summed E-state index contributed by atoms with van der Waals surface area (Å²) < 4.78 is 37.5. The molecule has 1 heterocycles. The number of nitrogens with one attached hydrogen (secondary N) is 1. The number of sulfonamides is 1. The highest BCUT2D eigenvalue weighted by Crippen LogP contribution is 2.18. The van der Waals surface area contributed by atoms with E-state index in [0.29, 0.717) is 43.2 Å². The Labute approximate surface area is 183 Å². The van der Waals surface area contributed by atoms with Gasteiger partial charge in [-0.05, 0) is 42.0 Å². The predicted octanol–water partition coefficient (Wildman–Crippen LogP) is 1.58. The zero-order valence-electron chi connectivity index (χ0n) is 17.9. The molecule has 2 aromatic carbocycles. The van der Waals surface area contributed by atoms with Crippen molar-refractivity contribution >= 4 is 15.9 Å². The van der Waals surface area contributed by atoms with Crippen molar-refractivity contribution in [3.8, 4) is 11.5 Å². The maximum absolute atomic E-state index is 13.2. The highest BCUT2D eigenvalue weighted by atomic mass is 32.2. The summed E-state index contributed by atoms with van der Waals surface area (Å²) in [5.41, 5.74) is 1.34. The van der Waals surface area contributed by atoms with E-state index in [0.717, 1.165) is 5.56 Å². The van der Waals surface area contributed by atoms with E-state index in [1.54, 1.807) is 43.4 Å². The number of benzene rings is 2. The van der Waals surface area contributed by atoms with Gasteiger partial charge in [0.1, 0.15) is 11.5 Å². The molecule has 1 saturated heterocycles. The number of amides is 1. The molecule has 0 aliphatic carbocycles. The Hall–Kier alpha value is -2.62. The van der Waals surface area contributed by atoms with Crippen LogP contribution in [0.1, 0.15) is 15.9 Å². The first-order chi connectivity index (χ1) is 14.9. The Balaban J connectivity index is 1.79. The first-order valence-electron chi connectivity index (χ1n) is 10.2. The standard InChI is InChI=1S/C22H29N3O5S/c1-29-20-8-6-19(7-9-20)22(26)24(17-18-4-3-5-21(16-18)30-2)14-15-31(27,28)25-12-10-23-11-13-25/h3-9,16,23H,10-15,17H2,1-2H3. The van der Waals surface area contributed by atoms with E-state index in [2.05, 4.69) is 5.32 Å². The van der Waals surface area contributed by atoms with Gasteiger partial charge in [0, 0.05) is 44.8 Å². The molecule has 0 radical (unpaired) electrons. The lowest BCUT2D eigenvalue weighted by Crippen LogP contribution is -2.48. The summed E-state index contributed by atoms with van der Waals surface area (Å²) in [5.74, 6) is 0.972. The van der Waals surface area contributed by atoms with E-state index < -0.39 is 10.0 Å². The van der Waals surface area contributed by atoms with Gasteiger partial charge in [-0.2, -0.15) is 4.31 Å². The fraction of sp³-hybridized carbons (Fsp3) is 0.409. The van der Waals surface area contributed by atoms with Gasteiger partial charge in [0.25, 0.3) is 5.91 Å². The Morgan fingerprint density at radius 2 is 1.71 bits per heavy atom. The molecule has 1 aliphatic rings. The van der Waals surface area contributed by atoms with Crippen molar-refractivity contribution in [2.45, 2.75) is 6.54 Å². The lowest BCUT2D eigenvalue weighted by Gasteiger charge is -2.28. The van der Waals surface area contributed by atoms with Crippen molar-refractivity contribution in [3.05, 3.63) is 59.7 Å². The van der Waals surface area contributed by atoms with Crippen LogP contribution in [0.4, 0.5) is 0 Å². The Bertz CT molecular complexity index is 973. The molecule has 31 heavy (non-hydrogen) atoms. The highest BCUT2D eigenvalue weighted by Gasteiger charge is 2.26. The van der Waals surface area contributed by atoms with Crippen molar-refractivity contribution in [1.29, 1.82) is 0 Å². The van der Waals surface area contributed by atoms with Crippen LogP contribution in [0.3, 0.4) is 0 Å². The minimum Gasteiger partial charge on any atom is -0.497 e. The van der Waals surface area contributed by atoms with Crippen LogP contribution in [0.15, 0.2) is 48.5 Å². The SMILES string of the molecule is COc1ccc(C(=O)N(CCS(=O)(=O)N2CCNCC2)Cc2cccc(OC)c2)cc1. The zero-order valence-corrected chi connectivity index (χ0v) is 18.7. The Morgan fingerprint density at radius 1 is 1.03 bits per heavy atom. The number of hydrogen-bond acceptors (Lipinski definition) is 6. The molecule has 1 N–H and O–H groups in total. The van der Waals surface area contributed by atoms with Gasteiger partial charge in [0.15, 0.2) is 0 Å². The molecule has 0 saturated carbocycles. The topological polar surface area (TPSA) is 88.2 Å². The molecule has 1 aliphatic heterocycles. The van der Waals surface area contributed by atoms with Crippen LogP contribution in [0.2, 0.25) is 0 Å². The first kappa shape index (κ1) is 23.1. The van der Waals surface area contributed by atoms with Gasteiger partial charge >= 0.3 is 0 Å². The second-order valence-corrected chi connectivity index (χ2v) is 9.36. The molecule has 0 spiro atoms. The zero-order chi connectivity index (χ0) is 22.3. The first-order valence-corrected chi connectivity index (χ1v) is 11.8. The van der Waals surface area contributed by atoms with Gasteiger partial charge in [-0.15, -0.1) is 0 Å². The summed E-state index contributed by atoms with van der Waals surface area (Å²) in [4.78, 5) is 14.8. The average Bonchev–Trinajstić information content (AvgIpc) is 2.82. The summed E-state index contributed by atoms with van der Waals surface area (Å²) in [6.45, 7) is 2.54. The van der Waals surface area contributed by atoms with E-state index in [4.69, 9.17) is 9.47 Å². The third-order valence-corrected chi connectivity index (χ3v) is 7.07. The number of carbonyl (C=O) groups excluding carboxylic acids is 1. The third-order valence-electron chi connectivity index (χ3n) is 5.22. The number of ether oxygens (including phenoxy) is 2. The van der Waals surface area contributed by atoms with Crippen LogP contribution in [0, 0.1) is 0 Å². The van der Waals surface area contributed by atoms with Crippen molar-refractivity contribution in [2.24, 2.45) is 0 Å². The fourth-order valence-corrected chi connectivity index (χ4v) is 4.89. The van der Waals surface area contributed by atoms with Gasteiger partial charge in [-0.25, -0.2) is 8.42 Å². The number of rotatable bonds is 9. The quantitative estimate of drug-likeness (QED) is 0.628. The van der Waals surface area contributed by atoms with Crippen molar-refractivity contribution in [2.75, 3.05) is 52.7 Å². The number of methoxy groups -OCH3 is 2. The predicted molar refractivity (Wildman–Crippen MR) is 119 cm³/mol. The van der Waals surface area contributed by atoms with Crippen molar-refractivity contribution in [3.63, 3.8) is 0 Å². The second-order valence-electron chi connectivity index (χ2n) is 7.27. The Morgan fingerprint density at radius 3 is 2.35 bits per heavy atom. The summed E-state index contributed by atoms with van der Waals surface area (Å²) >= 11 is 0. The summed E-state index contributed by atoms with van der Waals surface area (Å²) in [7, 11) is -0.310. The van der Waals surface area contributed by atoms with Crippen molar-refractivity contribution < 1.29 is 22.7 Å². The largest absolute Gasteiger partial charge is 0.497 e. The number of hydrogen-bond donors (Lipinski definition) is 1. The van der Waals surface area contributed by atoms with Crippen LogP contribution >= 0.6 is 0 Å². The van der Waals surface area contributed by atoms with Crippen LogP contribution in [0.25, 0.3) is 0 Å². The van der Waals surface area contributed by atoms with Crippen LogP contribution < -0.4 is 14.8 Å². The van der Waals surface area contributed by atoms with Crippen molar-refractivity contribution in [1.82, 2.24) is 14.5 Å². The molecular formula is C22H29N3O5S. The van der Waals surface area contributed by atoms with E-state index in [9.17, 15) is 13.2 Å². The minimum atomic E-state index is -3.46. The molecule has 0 bridgehead atoms. The summed E-state index contributed by atoms with van der Waals surface area (Å²) in [5, 5.41) is 3.15. The highest BCUT2D eigenvalue weighted by molar-refractivity contribution is 7.89. The smallest absolute Gasteiger partial charge is 0.254 e.